The summed E-state index contributed by atoms with van der Waals surface area (Å²) in [7, 11) is -6.30. The van der Waals surface area contributed by atoms with Crippen LogP contribution in [0.4, 0.5) is 26.3 Å². The maximum absolute atomic E-state index is 13.1. The molecule has 0 unspecified atom stereocenters. The van der Waals surface area contributed by atoms with Crippen molar-refractivity contribution in [2.75, 3.05) is 6.61 Å². The predicted octanol–water partition coefficient (Wildman–Crippen LogP) is 2.61. The maximum atomic E-state index is 13.1. The van der Waals surface area contributed by atoms with Crippen LogP contribution in [0, 0.1) is 5.92 Å². The molecule has 1 aliphatic rings. The molecule has 2 atom stereocenters. The van der Waals surface area contributed by atoms with Crippen molar-refractivity contribution in [2.45, 2.75) is 38.1 Å². The average molecular weight is 386 g/mol. The van der Waals surface area contributed by atoms with Gasteiger partial charge in [0, 0.05) is 0 Å². The lowest BCUT2D eigenvalue weighted by Crippen LogP contribution is -2.47. The second kappa shape index (κ2) is 6.01. The largest absolute Gasteiger partial charge is 0.534 e. The molecule has 0 aliphatic carbocycles. The van der Waals surface area contributed by atoms with Crippen molar-refractivity contribution in [3.63, 3.8) is 0 Å². The molecule has 1 heterocycles. The average Bonchev–Trinajstić information content (AvgIpc) is 2.63. The smallest absolute Gasteiger partial charge is 0.467 e. The van der Waals surface area contributed by atoms with Crippen molar-refractivity contribution in [2.24, 2.45) is 5.92 Å². The first-order valence-electron chi connectivity index (χ1n) is 6.26. The van der Waals surface area contributed by atoms with Gasteiger partial charge in [0.25, 0.3) is 0 Å². The highest BCUT2D eigenvalue weighted by Crippen LogP contribution is 2.50. The van der Waals surface area contributed by atoms with Gasteiger partial charge in [-0.3, -0.25) is 0 Å². The van der Waals surface area contributed by atoms with E-state index in [2.05, 4.69) is 13.7 Å². The van der Waals surface area contributed by atoms with Gasteiger partial charge in [-0.15, -0.1) is 0 Å². The molecule has 6 nitrogen and oxygen atoms in total. The number of ether oxygens (including phenoxy) is 2. The van der Waals surface area contributed by atoms with Crippen LogP contribution in [0.25, 0.3) is 0 Å². The molecule has 1 rings (SSSR count). The molecule has 0 bridgehead atoms. The highest BCUT2D eigenvalue weighted by atomic mass is 32.2. The minimum absolute atomic E-state index is 0.345. The van der Waals surface area contributed by atoms with Crippen molar-refractivity contribution < 1.29 is 53.2 Å². The first kappa shape index (κ1) is 20.4. The van der Waals surface area contributed by atoms with E-state index in [-0.39, 0.29) is 6.61 Å². The zero-order valence-electron chi connectivity index (χ0n) is 12.4. The molecule has 13 heteroatoms. The standard InChI is InChI=1S/C11H12F6O6S/c1-4-21-8(18)7-6(23-24(19,20)11(15,16)17)5(2)9(3,22-7)10(12,13)14/h5H,4H2,1-3H3/t5-,9+/m0/s1. The van der Waals surface area contributed by atoms with Crippen LogP contribution >= 0.6 is 0 Å². The van der Waals surface area contributed by atoms with Gasteiger partial charge in [0.2, 0.25) is 11.4 Å². The Kier molecular flexibility index (Phi) is 5.10. The van der Waals surface area contributed by atoms with E-state index < -0.39 is 50.8 Å². The lowest BCUT2D eigenvalue weighted by Gasteiger charge is -2.31. The third kappa shape index (κ3) is 3.39. The molecule has 0 aromatic carbocycles. The van der Waals surface area contributed by atoms with Gasteiger partial charge >= 0.3 is 27.8 Å². The van der Waals surface area contributed by atoms with Crippen molar-refractivity contribution in [1.82, 2.24) is 0 Å². The van der Waals surface area contributed by atoms with Crippen LogP contribution in [-0.2, 0) is 28.6 Å². The summed E-state index contributed by atoms with van der Waals surface area (Å²) in [6.45, 7) is 2.07. The Labute approximate surface area is 132 Å². The number of hydrogen-bond donors (Lipinski definition) is 0. The van der Waals surface area contributed by atoms with E-state index in [4.69, 9.17) is 0 Å². The second-order valence-corrected chi connectivity index (χ2v) is 6.36. The van der Waals surface area contributed by atoms with E-state index in [9.17, 15) is 39.6 Å². The quantitative estimate of drug-likeness (QED) is 0.320. The van der Waals surface area contributed by atoms with Crippen LogP contribution in [0.5, 0.6) is 0 Å². The van der Waals surface area contributed by atoms with Crippen LogP contribution in [0.15, 0.2) is 11.5 Å². The number of carbonyl (C=O) groups is 1. The zero-order valence-corrected chi connectivity index (χ0v) is 13.2. The van der Waals surface area contributed by atoms with Crippen LogP contribution < -0.4 is 0 Å². The summed E-state index contributed by atoms with van der Waals surface area (Å²) < 4.78 is 111. The molecule has 24 heavy (non-hydrogen) atoms. The molecule has 0 fully saturated rings. The van der Waals surface area contributed by atoms with Gasteiger partial charge in [-0.05, 0) is 13.8 Å². The number of carbonyl (C=O) groups excluding carboxylic acids is 1. The molecule has 0 saturated heterocycles. The fraction of sp³-hybridized carbons (Fsp3) is 0.727. The highest BCUT2D eigenvalue weighted by Gasteiger charge is 2.65. The summed E-state index contributed by atoms with van der Waals surface area (Å²) in [4.78, 5) is 11.6. The van der Waals surface area contributed by atoms with Gasteiger partial charge in [0.05, 0.1) is 12.5 Å². The molecule has 1 aliphatic heterocycles. The van der Waals surface area contributed by atoms with E-state index in [1.165, 1.54) is 6.92 Å². The molecule has 0 radical (unpaired) electrons. The molecular weight excluding hydrogens is 374 g/mol. The zero-order chi connectivity index (χ0) is 19.1. The number of esters is 1. The van der Waals surface area contributed by atoms with Gasteiger partial charge < -0.3 is 13.7 Å². The highest BCUT2D eigenvalue weighted by molar-refractivity contribution is 7.87. The Morgan fingerprint density at radius 2 is 1.75 bits per heavy atom. The molecule has 0 amide bonds. The Bertz CT molecular complexity index is 649. The van der Waals surface area contributed by atoms with E-state index >= 15 is 0 Å². The summed E-state index contributed by atoms with van der Waals surface area (Å²) in [5.74, 6) is -6.44. The van der Waals surface area contributed by atoms with Gasteiger partial charge in [0.15, 0.2) is 5.76 Å². The fourth-order valence-electron chi connectivity index (χ4n) is 1.72. The number of rotatable bonds is 4. The summed E-state index contributed by atoms with van der Waals surface area (Å²) in [5, 5.41) is 0. The second-order valence-electron chi connectivity index (χ2n) is 4.83. The van der Waals surface area contributed by atoms with E-state index in [0.717, 1.165) is 0 Å². The molecule has 140 valence electrons. The fourth-order valence-corrected chi connectivity index (χ4v) is 2.27. The van der Waals surface area contributed by atoms with Crippen LogP contribution in [0.3, 0.4) is 0 Å². The van der Waals surface area contributed by atoms with E-state index in [1.807, 2.05) is 0 Å². The first-order chi connectivity index (χ1) is 10.6. The summed E-state index contributed by atoms with van der Waals surface area (Å²) >= 11 is 0. The van der Waals surface area contributed by atoms with Crippen molar-refractivity contribution in [1.29, 1.82) is 0 Å². The van der Waals surface area contributed by atoms with Crippen LogP contribution in [0.2, 0.25) is 0 Å². The first-order valence-corrected chi connectivity index (χ1v) is 7.67. The normalized spacial score (nSPS) is 25.5. The number of hydrogen-bond acceptors (Lipinski definition) is 6. The van der Waals surface area contributed by atoms with Crippen LogP contribution in [0.1, 0.15) is 20.8 Å². The molecule has 0 aromatic heterocycles. The molecule has 0 spiro atoms. The van der Waals surface area contributed by atoms with Gasteiger partial charge in [0.1, 0.15) is 0 Å². The molecule has 0 aromatic rings. The van der Waals surface area contributed by atoms with Crippen molar-refractivity contribution in [3.05, 3.63) is 11.5 Å². The predicted molar refractivity (Wildman–Crippen MR) is 64.4 cm³/mol. The Hall–Kier alpha value is -1.66. The van der Waals surface area contributed by atoms with E-state index in [1.54, 1.807) is 0 Å². The topological polar surface area (TPSA) is 78.9 Å². The molecule has 0 N–H and O–H groups in total. The minimum atomic E-state index is -6.30. The SMILES string of the molecule is CCOC(=O)C1=C(OS(=O)(=O)C(F)(F)F)[C@H](C)[C@](C)(C(F)(F)F)O1. The third-order valence-electron chi connectivity index (χ3n) is 3.26. The summed E-state index contributed by atoms with van der Waals surface area (Å²) in [6.07, 6.45) is -5.14. The van der Waals surface area contributed by atoms with Crippen molar-refractivity contribution in [3.8, 4) is 0 Å². The maximum Gasteiger partial charge on any atom is 0.534 e. The van der Waals surface area contributed by atoms with Gasteiger partial charge in [-0.25, -0.2) is 4.79 Å². The number of alkyl halides is 6. The summed E-state index contributed by atoms with van der Waals surface area (Å²) in [5.41, 5.74) is -9.08. The minimum Gasteiger partial charge on any atom is -0.467 e. The van der Waals surface area contributed by atoms with E-state index in [0.29, 0.717) is 13.8 Å². The Morgan fingerprint density at radius 1 is 1.25 bits per heavy atom. The lowest BCUT2D eigenvalue weighted by molar-refractivity contribution is -0.263. The van der Waals surface area contributed by atoms with Crippen LogP contribution in [-0.4, -0.2) is 38.3 Å². The monoisotopic (exact) mass is 386 g/mol. The number of halogens is 6. The van der Waals surface area contributed by atoms with Gasteiger partial charge in [-0.2, -0.15) is 34.8 Å². The molecular formula is C11H12F6O6S. The van der Waals surface area contributed by atoms with Gasteiger partial charge in [-0.1, -0.05) is 6.92 Å². The Balaban J connectivity index is 3.42. The third-order valence-corrected chi connectivity index (χ3v) is 4.23. The summed E-state index contributed by atoms with van der Waals surface area (Å²) in [6, 6.07) is 0. The lowest BCUT2D eigenvalue weighted by atomic mass is 9.90. The Morgan fingerprint density at radius 3 is 2.12 bits per heavy atom. The molecule has 0 saturated carbocycles. The van der Waals surface area contributed by atoms with Crippen molar-refractivity contribution >= 4 is 16.1 Å².